The Balaban J connectivity index is 1.78. The minimum absolute atomic E-state index is 0.631. The molecule has 1 saturated heterocycles. The van der Waals surface area contributed by atoms with E-state index < -0.39 is 0 Å². The predicted molar refractivity (Wildman–Crippen MR) is 58.0 cm³/mol. The fraction of sp³-hybridized carbons (Fsp3) is 0.909. The monoisotopic (exact) mass is 195 g/mol. The summed E-state index contributed by atoms with van der Waals surface area (Å²) in [6.07, 6.45) is 5.94. The summed E-state index contributed by atoms with van der Waals surface area (Å²) in [6, 6.07) is 2.13. The van der Waals surface area contributed by atoms with Crippen molar-refractivity contribution in [2.24, 2.45) is 0 Å². The molecule has 0 saturated carbocycles. The van der Waals surface area contributed by atoms with E-state index in [1.165, 1.54) is 45.3 Å². The normalized spacial score (nSPS) is 17.1. The molecule has 80 valence electrons. The Morgan fingerprint density at radius 2 is 1.93 bits per heavy atom. The molecule has 1 rings (SSSR count). The summed E-state index contributed by atoms with van der Waals surface area (Å²) in [5.74, 6) is 0. The molecule has 0 bridgehead atoms. The van der Waals surface area contributed by atoms with Crippen LogP contribution in [0.15, 0.2) is 0 Å². The van der Waals surface area contributed by atoms with Gasteiger partial charge >= 0.3 is 0 Å². The quantitative estimate of drug-likeness (QED) is 0.624. The highest BCUT2D eigenvalue weighted by Crippen LogP contribution is 2.07. The highest BCUT2D eigenvalue weighted by atomic mass is 15.1. The van der Waals surface area contributed by atoms with Crippen LogP contribution >= 0.6 is 0 Å². The second-order valence-electron chi connectivity index (χ2n) is 3.91. The van der Waals surface area contributed by atoms with E-state index in [0.717, 1.165) is 13.1 Å². The van der Waals surface area contributed by atoms with E-state index in [0.29, 0.717) is 6.42 Å². The highest BCUT2D eigenvalue weighted by molar-refractivity contribution is 4.70. The van der Waals surface area contributed by atoms with Gasteiger partial charge in [0.15, 0.2) is 0 Å². The minimum atomic E-state index is 0.631. The molecule has 1 heterocycles. The molecule has 0 aliphatic carbocycles. The van der Waals surface area contributed by atoms with Crippen molar-refractivity contribution in [3.63, 3.8) is 0 Å². The lowest BCUT2D eigenvalue weighted by Crippen LogP contribution is -2.22. The lowest BCUT2D eigenvalue weighted by atomic mass is 10.3. The van der Waals surface area contributed by atoms with Crippen molar-refractivity contribution in [1.29, 1.82) is 5.26 Å². The number of unbranched alkanes of at least 4 members (excludes halogenated alkanes) is 1. The third kappa shape index (κ3) is 5.21. The Labute approximate surface area is 87.1 Å². The summed E-state index contributed by atoms with van der Waals surface area (Å²) in [6.45, 7) is 5.79. The first-order valence-corrected chi connectivity index (χ1v) is 5.73. The van der Waals surface area contributed by atoms with Gasteiger partial charge in [-0.25, -0.2) is 0 Å². The first kappa shape index (κ1) is 11.5. The molecule has 0 unspecified atom stereocenters. The van der Waals surface area contributed by atoms with Crippen LogP contribution in [0.4, 0.5) is 0 Å². The molecule has 0 aromatic heterocycles. The maximum atomic E-state index is 8.32. The molecule has 1 fully saturated rings. The third-order valence-corrected chi connectivity index (χ3v) is 2.69. The van der Waals surface area contributed by atoms with Crippen LogP contribution < -0.4 is 5.32 Å². The van der Waals surface area contributed by atoms with Crippen molar-refractivity contribution in [1.82, 2.24) is 10.2 Å². The maximum Gasteiger partial charge on any atom is 0.0635 e. The smallest absolute Gasteiger partial charge is 0.0635 e. The predicted octanol–water partition coefficient (Wildman–Crippen LogP) is 1.37. The molecular formula is C11H21N3. The van der Waals surface area contributed by atoms with Gasteiger partial charge in [0.25, 0.3) is 0 Å². The van der Waals surface area contributed by atoms with Gasteiger partial charge in [-0.3, -0.25) is 0 Å². The van der Waals surface area contributed by atoms with Gasteiger partial charge in [-0.15, -0.1) is 0 Å². The first-order chi connectivity index (χ1) is 6.93. The number of rotatable bonds is 7. The fourth-order valence-corrected chi connectivity index (χ4v) is 1.86. The zero-order chi connectivity index (χ0) is 10.1. The number of nitrogens with zero attached hydrogens (tertiary/aromatic N) is 2. The van der Waals surface area contributed by atoms with Gasteiger partial charge in [0.05, 0.1) is 6.07 Å². The molecule has 1 aliphatic rings. The average Bonchev–Trinajstić information content (AvgIpc) is 2.69. The van der Waals surface area contributed by atoms with E-state index in [4.69, 9.17) is 5.26 Å². The van der Waals surface area contributed by atoms with Crippen LogP contribution in [-0.2, 0) is 0 Å². The van der Waals surface area contributed by atoms with Crippen molar-refractivity contribution in [3.8, 4) is 6.07 Å². The van der Waals surface area contributed by atoms with Gasteiger partial charge in [0.2, 0.25) is 0 Å². The molecule has 3 nitrogen and oxygen atoms in total. The van der Waals surface area contributed by atoms with E-state index in [-0.39, 0.29) is 0 Å². The lowest BCUT2D eigenvalue weighted by molar-refractivity contribution is 0.329. The summed E-state index contributed by atoms with van der Waals surface area (Å²) >= 11 is 0. The summed E-state index contributed by atoms with van der Waals surface area (Å²) < 4.78 is 0. The number of likely N-dealkylation sites (tertiary alicyclic amines) is 1. The summed E-state index contributed by atoms with van der Waals surface area (Å²) in [5.41, 5.74) is 0. The molecule has 0 spiro atoms. The van der Waals surface area contributed by atoms with E-state index in [1.54, 1.807) is 0 Å². The van der Waals surface area contributed by atoms with Crippen molar-refractivity contribution in [3.05, 3.63) is 0 Å². The van der Waals surface area contributed by atoms with Crippen LogP contribution in [0.1, 0.15) is 32.1 Å². The molecule has 0 aromatic rings. The van der Waals surface area contributed by atoms with Crippen molar-refractivity contribution >= 4 is 0 Å². The molecule has 14 heavy (non-hydrogen) atoms. The summed E-state index contributed by atoms with van der Waals surface area (Å²) in [4.78, 5) is 2.55. The summed E-state index contributed by atoms with van der Waals surface area (Å²) in [5, 5.41) is 11.6. The van der Waals surface area contributed by atoms with Gasteiger partial charge in [0, 0.05) is 13.0 Å². The van der Waals surface area contributed by atoms with E-state index in [2.05, 4.69) is 16.3 Å². The first-order valence-electron chi connectivity index (χ1n) is 5.73. The Morgan fingerprint density at radius 1 is 1.14 bits per heavy atom. The Morgan fingerprint density at radius 3 is 2.64 bits per heavy atom. The van der Waals surface area contributed by atoms with Crippen LogP contribution in [0.5, 0.6) is 0 Å². The SMILES string of the molecule is N#CCCNCCCCN1CCCC1. The van der Waals surface area contributed by atoms with Crippen LogP contribution in [0, 0.1) is 11.3 Å². The number of nitrogens with one attached hydrogen (secondary N) is 1. The number of hydrogen-bond acceptors (Lipinski definition) is 3. The molecule has 0 atom stereocenters. The molecule has 1 aliphatic heterocycles. The minimum Gasteiger partial charge on any atom is -0.316 e. The Hall–Kier alpha value is -0.590. The number of hydrogen-bond donors (Lipinski definition) is 1. The molecule has 0 amide bonds. The van der Waals surface area contributed by atoms with Gasteiger partial charge in [-0.05, 0) is 51.9 Å². The Bertz CT molecular complexity index is 168. The number of nitriles is 1. The zero-order valence-electron chi connectivity index (χ0n) is 8.97. The Kier molecular flexibility index (Phi) is 6.38. The van der Waals surface area contributed by atoms with Crippen molar-refractivity contribution in [2.75, 3.05) is 32.7 Å². The maximum absolute atomic E-state index is 8.32. The second kappa shape index (κ2) is 7.78. The lowest BCUT2D eigenvalue weighted by Gasteiger charge is -2.13. The zero-order valence-corrected chi connectivity index (χ0v) is 8.97. The topological polar surface area (TPSA) is 39.1 Å². The van der Waals surface area contributed by atoms with E-state index in [1.807, 2.05) is 0 Å². The average molecular weight is 195 g/mol. The molecule has 1 N–H and O–H groups in total. The van der Waals surface area contributed by atoms with Gasteiger partial charge < -0.3 is 10.2 Å². The third-order valence-electron chi connectivity index (χ3n) is 2.69. The van der Waals surface area contributed by atoms with Crippen LogP contribution in [-0.4, -0.2) is 37.6 Å². The van der Waals surface area contributed by atoms with E-state index >= 15 is 0 Å². The van der Waals surface area contributed by atoms with Gasteiger partial charge in [-0.1, -0.05) is 0 Å². The second-order valence-corrected chi connectivity index (χ2v) is 3.91. The molecule has 0 aromatic carbocycles. The van der Waals surface area contributed by atoms with Crippen LogP contribution in [0.2, 0.25) is 0 Å². The standard InChI is InChI=1S/C11H21N3/c12-6-5-8-13-7-1-2-9-14-10-3-4-11-14/h13H,1-5,7-11H2. The van der Waals surface area contributed by atoms with Crippen molar-refractivity contribution < 1.29 is 0 Å². The largest absolute Gasteiger partial charge is 0.316 e. The molecule has 3 heteroatoms. The van der Waals surface area contributed by atoms with Crippen LogP contribution in [0.3, 0.4) is 0 Å². The van der Waals surface area contributed by atoms with Gasteiger partial charge in [-0.2, -0.15) is 5.26 Å². The molecule has 0 radical (unpaired) electrons. The van der Waals surface area contributed by atoms with Crippen molar-refractivity contribution in [2.45, 2.75) is 32.1 Å². The summed E-state index contributed by atoms with van der Waals surface area (Å²) in [7, 11) is 0. The molecular weight excluding hydrogens is 174 g/mol. The van der Waals surface area contributed by atoms with Gasteiger partial charge in [0.1, 0.15) is 0 Å². The van der Waals surface area contributed by atoms with Crippen LogP contribution in [0.25, 0.3) is 0 Å². The van der Waals surface area contributed by atoms with E-state index in [9.17, 15) is 0 Å². The highest BCUT2D eigenvalue weighted by Gasteiger charge is 2.09. The fourth-order valence-electron chi connectivity index (χ4n) is 1.86.